The first-order chi connectivity index (χ1) is 6.36. The van der Waals surface area contributed by atoms with Crippen LogP contribution in [0.3, 0.4) is 0 Å². The molecule has 12 heavy (non-hydrogen) atoms. The van der Waals surface area contributed by atoms with Crippen LogP contribution in [0.1, 0.15) is 32.6 Å². The number of allylic oxidation sites excluding steroid dienone is 2. The lowest BCUT2D eigenvalue weighted by Gasteiger charge is -2.12. The molecule has 0 spiro atoms. The van der Waals surface area contributed by atoms with E-state index in [1.54, 1.807) is 0 Å². The van der Waals surface area contributed by atoms with E-state index in [2.05, 4.69) is 30.3 Å². The van der Waals surface area contributed by atoms with Crippen LogP contribution in [0.15, 0.2) is 36.4 Å². The summed E-state index contributed by atoms with van der Waals surface area (Å²) < 4.78 is 7.71. The Kier molecular flexibility index (Phi) is 1.93. The number of benzene rings is 1. The Balaban J connectivity index is 2.22. The van der Waals surface area contributed by atoms with Gasteiger partial charge in [0, 0.05) is 1.37 Å². The van der Waals surface area contributed by atoms with Gasteiger partial charge in [-0.3, -0.25) is 0 Å². The summed E-state index contributed by atoms with van der Waals surface area (Å²) in [7, 11) is 0. The van der Waals surface area contributed by atoms with Gasteiger partial charge in [0.25, 0.3) is 0 Å². The standard InChI is InChI=1S/C12H14/c1-3-7-11(8-4-1)12-9-5-2-6-10-12/h1,3-4,7-9H,2,5-6,10H2/i6D. The third kappa shape index (κ3) is 1.58. The molecule has 0 N–H and O–H groups in total. The first kappa shape index (κ1) is 6.47. The highest BCUT2D eigenvalue weighted by molar-refractivity contribution is 5.65. The lowest BCUT2D eigenvalue weighted by atomic mass is 9.94. The van der Waals surface area contributed by atoms with Crippen LogP contribution in [0.4, 0.5) is 0 Å². The largest absolute Gasteiger partial charge is 0.0807 e. The minimum absolute atomic E-state index is 0.111. The first-order valence-electron chi connectivity index (χ1n) is 5.11. The molecule has 1 aromatic rings. The highest BCUT2D eigenvalue weighted by Crippen LogP contribution is 2.25. The maximum atomic E-state index is 7.71. The summed E-state index contributed by atoms with van der Waals surface area (Å²) in [6.45, 7) is 0. The predicted octanol–water partition coefficient (Wildman–Crippen LogP) is 3.64. The average molecular weight is 159 g/mol. The minimum Gasteiger partial charge on any atom is -0.0807 e. The molecular formula is C12H14. The van der Waals surface area contributed by atoms with Gasteiger partial charge in [-0.1, -0.05) is 36.4 Å². The summed E-state index contributed by atoms with van der Waals surface area (Å²) in [4.78, 5) is 0. The Bertz CT molecular complexity index is 300. The zero-order chi connectivity index (χ0) is 9.10. The van der Waals surface area contributed by atoms with E-state index < -0.39 is 0 Å². The summed E-state index contributed by atoms with van der Waals surface area (Å²) in [5, 5.41) is 0. The summed E-state index contributed by atoms with van der Waals surface area (Å²) >= 11 is 0. The smallest absolute Gasteiger partial charge is 0.0270 e. The maximum Gasteiger partial charge on any atom is 0.0270 e. The molecule has 0 radical (unpaired) electrons. The molecule has 0 heterocycles. The fourth-order valence-corrected chi connectivity index (χ4v) is 1.60. The molecule has 2 rings (SSSR count). The summed E-state index contributed by atoms with van der Waals surface area (Å²) in [6, 6.07) is 10.4. The zero-order valence-corrected chi connectivity index (χ0v) is 7.16. The van der Waals surface area contributed by atoms with Gasteiger partial charge in [0.15, 0.2) is 0 Å². The molecule has 0 fully saturated rings. The third-order valence-corrected chi connectivity index (χ3v) is 2.27. The van der Waals surface area contributed by atoms with Crippen molar-refractivity contribution in [3.63, 3.8) is 0 Å². The topological polar surface area (TPSA) is 0 Å². The summed E-state index contributed by atoms with van der Waals surface area (Å²) in [5.41, 5.74) is 2.64. The normalized spacial score (nSPS) is 24.5. The van der Waals surface area contributed by atoms with Gasteiger partial charge in [-0.05, 0) is 36.8 Å². The van der Waals surface area contributed by atoms with Crippen LogP contribution >= 0.6 is 0 Å². The van der Waals surface area contributed by atoms with E-state index in [-0.39, 0.29) is 6.40 Å². The molecule has 0 aliphatic heterocycles. The lowest BCUT2D eigenvalue weighted by molar-refractivity contribution is 0.742. The fourth-order valence-electron chi connectivity index (χ4n) is 1.60. The Labute approximate surface area is 75.3 Å². The molecule has 1 aliphatic carbocycles. The summed E-state index contributed by atoms with van der Waals surface area (Å²) in [6.07, 6.45) is 5.40. The number of hydrogen-bond acceptors (Lipinski definition) is 0. The molecular weight excluding hydrogens is 144 g/mol. The molecule has 0 amide bonds. The van der Waals surface area contributed by atoms with Crippen molar-refractivity contribution in [2.45, 2.75) is 25.7 Å². The van der Waals surface area contributed by atoms with E-state index in [1.165, 1.54) is 11.1 Å². The van der Waals surface area contributed by atoms with Crippen molar-refractivity contribution in [3.05, 3.63) is 42.0 Å². The first-order valence-corrected chi connectivity index (χ1v) is 4.53. The maximum absolute atomic E-state index is 7.71. The summed E-state index contributed by atoms with van der Waals surface area (Å²) in [5.74, 6) is 0. The van der Waals surface area contributed by atoms with Gasteiger partial charge in [-0.2, -0.15) is 0 Å². The third-order valence-electron chi connectivity index (χ3n) is 2.27. The minimum atomic E-state index is 0.111. The van der Waals surface area contributed by atoms with Gasteiger partial charge in [-0.15, -0.1) is 0 Å². The molecule has 1 aromatic carbocycles. The highest BCUT2D eigenvalue weighted by atomic mass is 14.1. The predicted molar refractivity (Wildman–Crippen MR) is 52.9 cm³/mol. The van der Waals surface area contributed by atoms with Crippen molar-refractivity contribution >= 4 is 5.57 Å². The van der Waals surface area contributed by atoms with Crippen LogP contribution in [0.2, 0.25) is 0 Å². The second kappa shape index (κ2) is 3.57. The fraction of sp³-hybridized carbons (Fsp3) is 0.333. The van der Waals surface area contributed by atoms with E-state index in [9.17, 15) is 0 Å². The molecule has 62 valence electrons. The van der Waals surface area contributed by atoms with E-state index in [0.29, 0.717) is 0 Å². The second-order valence-electron chi connectivity index (χ2n) is 3.17. The van der Waals surface area contributed by atoms with Crippen molar-refractivity contribution in [3.8, 4) is 0 Å². The van der Waals surface area contributed by atoms with E-state index in [1.807, 2.05) is 6.07 Å². The van der Waals surface area contributed by atoms with Gasteiger partial charge in [0.1, 0.15) is 0 Å². The lowest BCUT2D eigenvalue weighted by Crippen LogP contribution is -1.90. The highest BCUT2D eigenvalue weighted by Gasteiger charge is 2.04. The van der Waals surface area contributed by atoms with Crippen molar-refractivity contribution < 1.29 is 1.37 Å². The molecule has 0 bridgehead atoms. The molecule has 0 aromatic heterocycles. The molecule has 0 saturated carbocycles. The average Bonchev–Trinajstić information content (AvgIpc) is 2.19. The molecule has 1 aliphatic rings. The Morgan fingerprint density at radius 3 is 2.75 bits per heavy atom. The number of rotatable bonds is 1. The molecule has 1 unspecified atom stereocenters. The van der Waals surface area contributed by atoms with Crippen molar-refractivity contribution in [2.75, 3.05) is 0 Å². The number of hydrogen-bond donors (Lipinski definition) is 0. The Hall–Kier alpha value is -1.04. The zero-order valence-electron chi connectivity index (χ0n) is 8.16. The quantitative estimate of drug-likeness (QED) is 0.586. The van der Waals surface area contributed by atoms with E-state index in [4.69, 9.17) is 1.37 Å². The van der Waals surface area contributed by atoms with Crippen LogP contribution in [0.5, 0.6) is 0 Å². The molecule has 0 nitrogen and oxygen atoms in total. The molecule has 0 saturated heterocycles. The van der Waals surface area contributed by atoms with Crippen LogP contribution < -0.4 is 0 Å². The van der Waals surface area contributed by atoms with Gasteiger partial charge < -0.3 is 0 Å². The van der Waals surface area contributed by atoms with Crippen LogP contribution in [-0.4, -0.2) is 0 Å². The van der Waals surface area contributed by atoms with Crippen molar-refractivity contribution in [1.29, 1.82) is 0 Å². The van der Waals surface area contributed by atoms with Crippen LogP contribution in [-0.2, 0) is 0 Å². The van der Waals surface area contributed by atoms with Gasteiger partial charge in [0.05, 0.1) is 0 Å². The molecule has 0 heteroatoms. The van der Waals surface area contributed by atoms with Gasteiger partial charge in [0.2, 0.25) is 0 Å². The molecule has 1 atom stereocenters. The van der Waals surface area contributed by atoms with Gasteiger partial charge >= 0.3 is 0 Å². The van der Waals surface area contributed by atoms with Crippen LogP contribution in [0, 0.1) is 0 Å². The Morgan fingerprint density at radius 2 is 2.00 bits per heavy atom. The monoisotopic (exact) mass is 159 g/mol. The van der Waals surface area contributed by atoms with Crippen molar-refractivity contribution in [2.24, 2.45) is 0 Å². The van der Waals surface area contributed by atoms with E-state index >= 15 is 0 Å². The van der Waals surface area contributed by atoms with Crippen LogP contribution in [0.25, 0.3) is 5.57 Å². The Morgan fingerprint density at radius 1 is 1.17 bits per heavy atom. The van der Waals surface area contributed by atoms with E-state index in [0.717, 1.165) is 19.3 Å². The van der Waals surface area contributed by atoms with Crippen molar-refractivity contribution in [1.82, 2.24) is 0 Å². The SMILES string of the molecule is [2H]C1CCC=C(c2ccccc2)C1. The second-order valence-corrected chi connectivity index (χ2v) is 3.17. The van der Waals surface area contributed by atoms with Gasteiger partial charge in [-0.25, -0.2) is 0 Å².